The van der Waals surface area contributed by atoms with Gasteiger partial charge in [-0.05, 0) is 45.8 Å². The minimum Gasteiger partial charge on any atom is -0.388 e. The fourth-order valence-corrected chi connectivity index (χ4v) is 2.48. The normalized spacial score (nSPS) is 10.2. The molecule has 0 unspecified atom stereocenters. The molecule has 1 N–H and O–H groups in total. The molecule has 0 saturated heterocycles. The highest BCUT2D eigenvalue weighted by Crippen LogP contribution is 2.25. The molecule has 0 fully saturated rings. The Morgan fingerprint density at radius 2 is 1.72 bits per heavy atom. The van der Waals surface area contributed by atoms with Gasteiger partial charge in [0.25, 0.3) is 0 Å². The molecule has 0 aromatic heterocycles. The third-order valence-corrected chi connectivity index (χ3v) is 3.60. The van der Waals surface area contributed by atoms with E-state index in [1.54, 1.807) is 0 Å². The van der Waals surface area contributed by atoms with Crippen LogP contribution >= 0.6 is 15.9 Å². The van der Waals surface area contributed by atoms with Crippen molar-refractivity contribution in [2.45, 2.75) is 6.54 Å². The van der Waals surface area contributed by atoms with Crippen molar-refractivity contribution in [2.75, 3.05) is 24.3 Å². The van der Waals surface area contributed by atoms with Gasteiger partial charge < -0.3 is 10.2 Å². The maximum atomic E-state index is 3.58. The van der Waals surface area contributed by atoms with Gasteiger partial charge in [-0.25, -0.2) is 0 Å². The van der Waals surface area contributed by atoms with E-state index in [1.807, 2.05) is 13.1 Å². The molecule has 94 valence electrons. The molecule has 0 saturated carbocycles. The van der Waals surface area contributed by atoms with Gasteiger partial charge in [0.1, 0.15) is 0 Å². The highest BCUT2D eigenvalue weighted by Gasteiger charge is 2.05. The lowest BCUT2D eigenvalue weighted by Gasteiger charge is -2.21. The van der Waals surface area contributed by atoms with E-state index in [9.17, 15) is 0 Å². The summed E-state index contributed by atoms with van der Waals surface area (Å²) in [6.07, 6.45) is 0. The molecule has 0 aliphatic heterocycles. The Kier molecular flexibility index (Phi) is 4.26. The number of benzene rings is 2. The summed E-state index contributed by atoms with van der Waals surface area (Å²) in [5.41, 5.74) is 3.64. The number of para-hydroxylation sites is 1. The number of anilines is 2. The van der Waals surface area contributed by atoms with E-state index < -0.39 is 0 Å². The molecule has 0 aliphatic carbocycles. The summed E-state index contributed by atoms with van der Waals surface area (Å²) in [4.78, 5) is 2.23. The summed E-state index contributed by atoms with van der Waals surface area (Å²) in [5, 5.41) is 3.13. The van der Waals surface area contributed by atoms with Crippen molar-refractivity contribution in [3.63, 3.8) is 0 Å². The van der Waals surface area contributed by atoms with Crippen LogP contribution in [-0.4, -0.2) is 14.1 Å². The van der Waals surface area contributed by atoms with E-state index in [0.29, 0.717) is 0 Å². The van der Waals surface area contributed by atoms with E-state index >= 15 is 0 Å². The SMILES string of the molecule is CNc1ccc(CN(C)c2ccccc2Br)cc1. The zero-order valence-electron chi connectivity index (χ0n) is 10.7. The van der Waals surface area contributed by atoms with E-state index in [-0.39, 0.29) is 0 Å². The standard InChI is InChI=1S/C15H17BrN2/c1-17-13-9-7-12(8-10-13)11-18(2)15-6-4-3-5-14(15)16/h3-10,17H,11H2,1-2H3. The van der Waals surface area contributed by atoms with Crippen LogP contribution in [0.2, 0.25) is 0 Å². The molecule has 0 atom stereocenters. The molecule has 3 heteroatoms. The summed E-state index contributed by atoms with van der Waals surface area (Å²) >= 11 is 3.58. The van der Waals surface area contributed by atoms with Gasteiger partial charge in [-0.1, -0.05) is 24.3 Å². The molecular formula is C15H17BrN2. The average molecular weight is 305 g/mol. The van der Waals surface area contributed by atoms with E-state index in [0.717, 1.165) is 16.7 Å². The van der Waals surface area contributed by atoms with Crippen molar-refractivity contribution < 1.29 is 0 Å². The largest absolute Gasteiger partial charge is 0.388 e. The van der Waals surface area contributed by atoms with Crippen LogP contribution in [0.15, 0.2) is 53.0 Å². The molecule has 2 nitrogen and oxygen atoms in total. The highest BCUT2D eigenvalue weighted by molar-refractivity contribution is 9.10. The van der Waals surface area contributed by atoms with Crippen molar-refractivity contribution in [3.05, 3.63) is 58.6 Å². The van der Waals surface area contributed by atoms with Gasteiger partial charge in [-0.3, -0.25) is 0 Å². The Hall–Kier alpha value is -1.48. The number of hydrogen-bond donors (Lipinski definition) is 1. The van der Waals surface area contributed by atoms with Gasteiger partial charge in [0.2, 0.25) is 0 Å². The van der Waals surface area contributed by atoms with Crippen molar-refractivity contribution in [1.29, 1.82) is 0 Å². The molecule has 0 amide bonds. The lowest BCUT2D eigenvalue weighted by Crippen LogP contribution is -2.16. The van der Waals surface area contributed by atoms with Crippen LogP contribution in [0, 0.1) is 0 Å². The molecular weight excluding hydrogens is 288 g/mol. The number of rotatable bonds is 4. The van der Waals surface area contributed by atoms with Gasteiger partial charge in [0.15, 0.2) is 0 Å². The predicted molar refractivity (Wildman–Crippen MR) is 82.2 cm³/mol. The summed E-state index contributed by atoms with van der Waals surface area (Å²) in [6, 6.07) is 16.8. The Morgan fingerprint density at radius 3 is 2.33 bits per heavy atom. The molecule has 2 aromatic rings. The lowest BCUT2D eigenvalue weighted by molar-refractivity contribution is 0.920. The van der Waals surface area contributed by atoms with Crippen molar-refractivity contribution in [3.8, 4) is 0 Å². The molecule has 2 rings (SSSR count). The first-order valence-corrected chi connectivity index (χ1v) is 6.72. The molecule has 2 aromatic carbocycles. The first-order valence-electron chi connectivity index (χ1n) is 5.93. The highest BCUT2D eigenvalue weighted by atomic mass is 79.9. The number of nitrogens with one attached hydrogen (secondary N) is 1. The number of halogens is 1. The smallest absolute Gasteiger partial charge is 0.0511 e. The quantitative estimate of drug-likeness (QED) is 0.914. The van der Waals surface area contributed by atoms with Crippen LogP contribution in [0.25, 0.3) is 0 Å². The first-order chi connectivity index (χ1) is 8.70. The summed E-state index contributed by atoms with van der Waals surface area (Å²) in [7, 11) is 4.04. The number of hydrogen-bond acceptors (Lipinski definition) is 2. The lowest BCUT2D eigenvalue weighted by atomic mass is 10.2. The summed E-state index contributed by atoms with van der Waals surface area (Å²) in [5.74, 6) is 0. The summed E-state index contributed by atoms with van der Waals surface area (Å²) in [6.45, 7) is 0.895. The Bertz CT molecular complexity index is 508. The maximum absolute atomic E-state index is 3.58. The molecule has 0 spiro atoms. The van der Waals surface area contributed by atoms with Crippen molar-refractivity contribution in [2.24, 2.45) is 0 Å². The minimum atomic E-state index is 0.895. The Morgan fingerprint density at radius 1 is 1.06 bits per heavy atom. The van der Waals surface area contributed by atoms with Crippen LogP contribution in [0.3, 0.4) is 0 Å². The predicted octanol–water partition coefficient (Wildman–Crippen LogP) is 4.13. The molecule has 0 radical (unpaired) electrons. The van der Waals surface area contributed by atoms with Crippen LogP contribution in [0.1, 0.15) is 5.56 Å². The van der Waals surface area contributed by atoms with Crippen LogP contribution in [0.4, 0.5) is 11.4 Å². The van der Waals surface area contributed by atoms with Gasteiger partial charge in [-0.15, -0.1) is 0 Å². The fourth-order valence-electron chi connectivity index (χ4n) is 1.90. The second-order valence-electron chi connectivity index (χ2n) is 4.25. The number of nitrogens with zero attached hydrogens (tertiary/aromatic N) is 1. The summed E-state index contributed by atoms with van der Waals surface area (Å²) < 4.78 is 1.12. The van der Waals surface area contributed by atoms with Crippen molar-refractivity contribution >= 4 is 27.3 Å². The first kappa shape index (κ1) is 13.0. The fraction of sp³-hybridized carbons (Fsp3) is 0.200. The second-order valence-corrected chi connectivity index (χ2v) is 5.11. The topological polar surface area (TPSA) is 15.3 Å². The Balaban J connectivity index is 2.11. The van der Waals surface area contributed by atoms with E-state index in [4.69, 9.17) is 0 Å². The second kappa shape index (κ2) is 5.91. The van der Waals surface area contributed by atoms with Gasteiger partial charge >= 0.3 is 0 Å². The van der Waals surface area contributed by atoms with Crippen molar-refractivity contribution in [1.82, 2.24) is 0 Å². The molecule has 0 heterocycles. The average Bonchev–Trinajstić information content (AvgIpc) is 2.40. The molecule has 0 bridgehead atoms. The molecule has 0 aliphatic rings. The van der Waals surface area contributed by atoms with Gasteiger partial charge in [-0.2, -0.15) is 0 Å². The van der Waals surface area contributed by atoms with E-state index in [1.165, 1.54) is 11.3 Å². The minimum absolute atomic E-state index is 0.895. The van der Waals surface area contributed by atoms with Crippen LogP contribution in [0.5, 0.6) is 0 Å². The zero-order valence-corrected chi connectivity index (χ0v) is 12.2. The van der Waals surface area contributed by atoms with Gasteiger partial charge in [0.05, 0.1) is 5.69 Å². The Labute approximate surface area is 117 Å². The third-order valence-electron chi connectivity index (χ3n) is 2.93. The van der Waals surface area contributed by atoms with Crippen LogP contribution in [-0.2, 0) is 6.54 Å². The monoisotopic (exact) mass is 304 g/mol. The molecule has 18 heavy (non-hydrogen) atoms. The third kappa shape index (κ3) is 3.05. The zero-order chi connectivity index (χ0) is 13.0. The van der Waals surface area contributed by atoms with Crippen LogP contribution < -0.4 is 10.2 Å². The van der Waals surface area contributed by atoms with E-state index in [2.05, 4.69) is 75.7 Å². The maximum Gasteiger partial charge on any atom is 0.0511 e. The van der Waals surface area contributed by atoms with Gasteiger partial charge in [0, 0.05) is 30.8 Å².